The Balaban J connectivity index is 4.31. The van der Waals surface area contributed by atoms with Crippen molar-refractivity contribution in [1.29, 1.82) is 0 Å². The van der Waals surface area contributed by atoms with Gasteiger partial charge in [-0.1, -0.05) is 261 Å². The number of ether oxygens (including phenoxy) is 3. The van der Waals surface area contributed by atoms with Crippen molar-refractivity contribution in [2.75, 3.05) is 13.2 Å². The second-order valence-electron chi connectivity index (χ2n) is 21.3. The average Bonchev–Trinajstić information content (AvgIpc) is 3.39. The van der Waals surface area contributed by atoms with Gasteiger partial charge in [0.15, 0.2) is 6.10 Å². The van der Waals surface area contributed by atoms with E-state index in [1.807, 2.05) is 0 Å². The highest BCUT2D eigenvalue weighted by atomic mass is 16.6. The first-order valence-corrected chi connectivity index (χ1v) is 31.8. The highest BCUT2D eigenvalue weighted by Gasteiger charge is 2.19. The molecule has 0 heterocycles. The van der Waals surface area contributed by atoms with Crippen molar-refractivity contribution in [3.63, 3.8) is 0 Å². The zero-order valence-electron chi connectivity index (χ0n) is 48.7. The molecule has 424 valence electrons. The lowest BCUT2D eigenvalue weighted by molar-refractivity contribution is -0.167. The topological polar surface area (TPSA) is 78.9 Å². The van der Waals surface area contributed by atoms with Crippen molar-refractivity contribution in [3.05, 3.63) is 60.8 Å². The van der Waals surface area contributed by atoms with Gasteiger partial charge in [0.05, 0.1) is 0 Å². The van der Waals surface area contributed by atoms with Crippen LogP contribution in [0, 0.1) is 0 Å². The van der Waals surface area contributed by atoms with Crippen molar-refractivity contribution in [2.24, 2.45) is 0 Å². The molecule has 73 heavy (non-hydrogen) atoms. The Morgan fingerprint density at radius 1 is 0.274 bits per heavy atom. The fourth-order valence-electron chi connectivity index (χ4n) is 9.15. The largest absolute Gasteiger partial charge is 0.462 e. The van der Waals surface area contributed by atoms with Crippen LogP contribution in [-0.4, -0.2) is 37.2 Å². The Hall–Kier alpha value is -2.89. The molecular weight excluding hydrogens is 901 g/mol. The summed E-state index contributed by atoms with van der Waals surface area (Å²) in [6.07, 6.45) is 77.9. The second-order valence-corrected chi connectivity index (χ2v) is 21.3. The maximum Gasteiger partial charge on any atom is 0.306 e. The van der Waals surface area contributed by atoms with Crippen LogP contribution in [0.5, 0.6) is 0 Å². The maximum absolute atomic E-state index is 12.9. The molecule has 0 aromatic carbocycles. The third-order valence-corrected chi connectivity index (χ3v) is 14.0. The predicted octanol–water partition coefficient (Wildman–Crippen LogP) is 21.6. The van der Waals surface area contributed by atoms with E-state index in [0.29, 0.717) is 19.3 Å². The predicted molar refractivity (Wildman–Crippen MR) is 316 cm³/mol. The smallest absolute Gasteiger partial charge is 0.306 e. The summed E-state index contributed by atoms with van der Waals surface area (Å²) in [5.74, 6) is -0.886. The molecule has 1 unspecified atom stereocenters. The lowest BCUT2D eigenvalue weighted by atomic mass is 10.1. The van der Waals surface area contributed by atoms with Crippen LogP contribution in [-0.2, 0) is 28.6 Å². The molecule has 0 N–H and O–H groups in total. The van der Waals surface area contributed by atoms with Gasteiger partial charge in [-0.25, -0.2) is 0 Å². The summed E-state index contributed by atoms with van der Waals surface area (Å²) in [5, 5.41) is 0. The van der Waals surface area contributed by atoms with E-state index in [0.717, 1.165) is 89.9 Å². The molecule has 0 saturated carbocycles. The molecule has 0 amide bonds. The van der Waals surface area contributed by atoms with Crippen molar-refractivity contribution < 1.29 is 28.6 Å². The lowest BCUT2D eigenvalue weighted by Gasteiger charge is -2.18. The SMILES string of the molecule is CCCCCCC/C=C\C/C=C\C/C=C\CCCCCCCCCCCCC(=O)OCC(COC(=O)CCCCCCC/C=C\CCCCCCCC)OC(=O)CCCCCCC/C=C\CCCCCCCC. The van der Waals surface area contributed by atoms with Crippen molar-refractivity contribution in [1.82, 2.24) is 0 Å². The van der Waals surface area contributed by atoms with E-state index >= 15 is 0 Å². The van der Waals surface area contributed by atoms with E-state index in [4.69, 9.17) is 14.2 Å². The number of allylic oxidation sites excluding steroid dienone is 10. The monoisotopic (exact) mass is 1020 g/mol. The first-order valence-electron chi connectivity index (χ1n) is 31.8. The summed E-state index contributed by atoms with van der Waals surface area (Å²) in [6, 6.07) is 0. The first-order chi connectivity index (χ1) is 36.0. The molecule has 0 aromatic heterocycles. The Morgan fingerprint density at radius 3 is 0.781 bits per heavy atom. The minimum atomic E-state index is -0.784. The molecule has 0 aromatic rings. The van der Waals surface area contributed by atoms with Crippen LogP contribution in [0.1, 0.15) is 329 Å². The fraction of sp³-hybridized carbons (Fsp3) is 0.806. The molecule has 0 radical (unpaired) electrons. The van der Waals surface area contributed by atoms with Crippen LogP contribution in [0.2, 0.25) is 0 Å². The van der Waals surface area contributed by atoms with Gasteiger partial charge in [-0.05, 0) is 109 Å². The number of carbonyl (C=O) groups is 3. The van der Waals surface area contributed by atoms with E-state index in [1.54, 1.807) is 0 Å². The van der Waals surface area contributed by atoms with Gasteiger partial charge >= 0.3 is 17.9 Å². The number of carbonyl (C=O) groups excluding carboxylic acids is 3. The summed E-state index contributed by atoms with van der Waals surface area (Å²) >= 11 is 0. The van der Waals surface area contributed by atoms with Crippen LogP contribution in [0.25, 0.3) is 0 Å². The molecule has 0 aliphatic rings. The van der Waals surface area contributed by atoms with E-state index in [9.17, 15) is 14.4 Å². The van der Waals surface area contributed by atoms with Gasteiger partial charge in [0.1, 0.15) is 13.2 Å². The van der Waals surface area contributed by atoms with Crippen LogP contribution in [0.15, 0.2) is 60.8 Å². The summed E-state index contributed by atoms with van der Waals surface area (Å²) < 4.78 is 16.9. The molecule has 0 saturated heterocycles. The first kappa shape index (κ1) is 70.1. The minimum Gasteiger partial charge on any atom is -0.462 e. The minimum absolute atomic E-state index is 0.0806. The molecule has 0 bridgehead atoms. The number of esters is 3. The van der Waals surface area contributed by atoms with E-state index in [1.165, 1.54) is 199 Å². The third kappa shape index (κ3) is 59.9. The summed E-state index contributed by atoms with van der Waals surface area (Å²) in [5.41, 5.74) is 0. The quantitative estimate of drug-likeness (QED) is 0.0261. The number of unbranched alkanes of at least 4 members (excludes halogenated alkanes) is 37. The van der Waals surface area contributed by atoms with Gasteiger partial charge in [0, 0.05) is 19.3 Å². The third-order valence-electron chi connectivity index (χ3n) is 14.0. The number of rotatable bonds is 58. The van der Waals surface area contributed by atoms with Crippen molar-refractivity contribution >= 4 is 17.9 Å². The fourth-order valence-corrected chi connectivity index (χ4v) is 9.15. The standard InChI is InChI=1S/C67H120O6/c1-4-7-10-13-16-19-22-25-28-29-30-31-32-33-34-35-36-37-40-42-45-48-51-54-57-60-66(69)72-63-64(73-67(70)61-58-55-52-49-46-43-39-27-24-21-18-15-12-9-6-3)62-71-65(68)59-56-53-50-47-44-41-38-26-23-20-17-14-11-8-5-2/h22,25-27,29-30,32-33,38-39,64H,4-21,23-24,28,31,34-37,40-63H2,1-3H3/b25-22-,30-29-,33-32-,38-26-,39-27-. The van der Waals surface area contributed by atoms with E-state index < -0.39 is 6.10 Å². The second kappa shape index (κ2) is 61.7. The molecule has 6 heteroatoms. The normalized spacial score (nSPS) is 12.4. The highest BCUT2D eigenvalue weighted by molar-refractivity contribution is 5.71. The van der Waals surface area contributed by atoms with Gasteiger partial charge < -0.3 is 14.2 Å². The zero-order valence-corrected chi connectivity index (χ0v) is 48.7. The number of hydrogen-bond acceptors (Lipinski definition) is 6. The molecule has 0 aliphatic heterocycles. The van der Waals surface area contributed by atoms with Crippen LogP contribution < -0.4 is 0 Å². The zero-order chi connectivity index (χ0) is 52.9. The summed E-state index contributed by atoms with van der Waals surface area (Å²) in [6.45, 7) is 6.64. The van der Waals surface area contributed by atoms with Gasteiger partial charge in [-0.3, -0.25) is 14.4 Å². The summed E-state index contributed by atoms with van der Waals surface area (Å²) in [4.78, 5) is 38.3. The lowest BCUT2D eigenvalue weighted by Crippen LogP contribution is -2.30. The van der Waals surface area contributed by atoms with E-state index in [2.05, 4.69) is 81.5 Å². The molecule has 1 atom stereocenters. The van der Waals surface area contributed by atoms with Crippen LogP contribution in [0.3, 0.4) is 0 Å². The van der Waals surface area contributed by atoms with Crippen LogP contribution >= 0.6 is 0 Å². The summed E-state index contributed by atoms with van der Waals surface area (Å²) in [7, 11) is 0. The molecule has 0 aliphatic carbocycles. The van der Waals surface area contributed by atoms with Gasteiger partial charge in [0.25, 0.3) is 0 Å². The Labute approximate surface area is 453 Å². The Bertz CT molecular complexity index is 1310. The molecule has 6 nitrogen and oxygen atoms in total. The van der Waals surface area contributed by atoms with Gasteiger partial charge in [-0.2, -0.15) is 0 Å². The highest BCUT2D eigenvalue weighted by Crippen LogP contribution is 2.16. The molecule has 0 rings (SSSR count). The molecular formula is C67H120O6. The number of hydrogen-bond donors (Lipinski definition) is 0. The molecule has 0 fully saturated rings. The Kier molecular flexibility index (Phi) is 59.2. The average molecular weight is 1020 g/mol. The Morgan fingerprint density at radius 2 is 0.493 bits per heavy atom. The maximum atomic E-state index is 12.9. The van der Waals surface area contributed by atoms with Gasteiger partial charge in [0.2, 0.25) is 0 Å². The van der Waals surface area contributed by atoms with E-state index in [-0.39, 0.29) is 31.1 Å². The van der Waals surface area contributed by atoms with Crippen molar-refractivity contribution in [2.45, 2.75) is 335 Å². The molecule has 0 spiro atoms. The van der Waals surface area contributed by atoms with Crippen molar-refractivity contribution in [3.8, 4) is 0 Å². The van der Waals surface area contributed by atoms with Gasteiger partial charge in [-0.15, -0.1) is 0 Å². The van der Waals surface area contributed by atoms with Crippen LogP contribution in [0.4, 0.5) is 0 Å².